The number of hydrogen-bond acceptors (Lipinski definition) is 3. The first-order valence-corrected chi connectivity index (χ1v) is 8.50. The number of carbonyl (C=O) groups excluding carboxylic acids is 1. The minimum atomic E-state index is 0.196. The fourth-order valence-electron chi connectivity index (χ4n) is 2.84. The van der Waals surface area contributed by atoms with E-state index in [1.54, 1.807) is 7.05 Å². The molecule has 2 atom stereocenters. The summed E-state index contributed by atoms with van der Waals surface area (Å²) in [5.74, 6) is 1.90. The first-order valence-electron chi connectivity index (χ1n) is 8.50. The van der Waals surface area contributed by atoms with Gasteiger partial charge in [0.1, 0.15) is 0 Å². The van der Waals surface area contributed by atoms with E-state index >= 15 is 0 Å². The predicted octanol–water partition coefficient (Wildman–Crippen LogP) is 0.406. The third-order valence-corrected chi connectivity index (χ3v) is 4.58. The third-order valence-electron chi connectivity index (χ3n) is 4.58. The molecule has 1 amide bonds. The van der Waals surface area contributed by atoms with E-state index in [1.807, 2.05) is 0 Å². The number of nitrogens with one attached hydrogen (secondary N) is 3. The lowest BCUT2D eigenvalue weighted by molar-refractivity contribution is -0.122. The van der Waals surface area contributed by atoms with Crippen molar-refractivity contribution in [2.24, 2.45) is 16.8 Å². The maximum absolute atomic E-state index is 11.6. The van der Waals surface area contributed by atoms with Gasteiger partial charge in [-0.15, -0.1) is 0 Å². The molecule has 0 aromatic carbocycles. The number of carbonyl (C=O) groups is 1. The largest absolute Gasteiger partial charge is 0.355 e. The van der Waals surface area contributed by atoms with Crippen LogP contribution < -0.4 is 16.0 Å². The zero-order valence-electron chi connectivity index (χ0n) is 14.4. The maximum Gasteiger partial charge on any atom is 0.223 e. The molecule has 1 saturated carbocycles. The highest BCUT2D eigenvalue weighted by molar-refractivity contribution is 5.81. The van der Waals surface area contributed by atoms with E-state index in [4.69, 9.17) is 0 Å². The molecule has 1 saturated heterocycles. The van der Waals surface area contributed by atoms with Gasteiger partial charge in [-0.1, -0.05) is 6.92 Å². The van der Waals surface area contributed by atoms with Gasteiger partial charge in [-0.3, -0.25) is 14.7 Å². The quantitative estimate of drug-likeness (QED) is 0.378. The number of hydrogen-bond donors (Lipinski definition) is 3. The van der Waals surface area contributed by atoms with Gasteiger partial charge in [-0.25, -0.2) is 0 Å². The summed E-state index contributed by atoms with van der Waals surface area (Å²) >= 11 is 0. The summed E-state index contributed by atoms with van der Waals surface area (Å²) in [4.78, 5) is 18.3. The predicted molar refractivity (Wildman–Crippen MR) is 89.9 cm³/mol. The van der Waals surface area contributed by atoms with Crippen LogP contribution >= 0.6 is 0 Å². The van der Waals surface area contributed by atoms with Crippen molar-refractivity contribution in [2.75, 3.05) is 33.2 Å². The van der Waals surface area contributed by atoms with Crippen LogP contribution in [-0.4, -0.2) is 62.1 Å². The smallest absolute Gasteiger partial charge is 0.223 e. The highest BCUT2D eigenvalue weighted by atomic mass is 16.2. The minimum Gasteiger partial charge on any atom is -0.355 e. The van der Waals surface area contributed by atoms with Crippen LogP contribution in [0.2, 0.25) is 0 Å². The Labute approximate surface area is 134 Å². The van der Waals surface area contributed by atoms with Crippen LogP contribution in [0.4, 0.5) is 0 Å². The fourth-order valence-corrected chi connectivity index (χ4v) is 2.84. The van der Waals surface area contributed by atoms with Gasteiger partial charge in [0.25, 0.3) is 0 Å². The lowest BCUT2D eigenvalue weighted by atomic mass is 10.1. The zero-order valence-corrected chi connectivity index (χ0v) is 14.4. The van der Waals surface area contributed by atoms with Crippen LogP contribution in [0.3, 0.4) is 0 Å². The van der Waals surface area contributed by atoms with Gasteiger partial charge >= 0.3 is 0 Å². The van der Waals surface area contributed by atoms with Gasteiger partial charge in [0.05, 0.1) is 0 Å². The van der Waals surface area contributed by atoms with Crippen molar-refractivity contribution in [3.63, 3.8) is 0 Å². The molecule has 1 aliphatic heterocycles. The molecule has 6 nitrogen and oxygen atoms in total. The van der Waals surface area contributed by atoms with E-state index in [2.05, 4.69) is 46.6 Å². The van der Waals surface area contributed by atoms with E-state index in [1.165, 1.54) is 0 Å². The van der Waals surface area contributed by atoms with Crippen LogP contribution in [0.25, 0.3) is 0 Å². The Kier molecular flexibility index (Phi) is 6.06. The van der Waals surface area contributed by atoms with Crippen molar-refractivity contribution >= 4 is 11.9 Å². The van der Waals surface area contributed by atoms with Crippen LogP contribution in [0.15, 0.2) is 4.99 Å². The molecule has 3 N–H and O–H groups in total. The lowest BCUT2D eigenvalue weighted by Crippen LogP contribution is -2.48. The second-order valence-electron chi connectivity index (χ2n) is 6.84. The summed E-state index contributed by atoms with van der Waals surface area (Å²) in [5, 5.41) is 9.75. The molecule has 2 rings (SSSR count). The number of amides is 1. The molecule has 0 aromatic heterocycles. The molecular weight excluding hydrogens is 278 g/mol. The third kappa shape index (κ3) is 4.87. The summed E-state index contributed by atoms with van der Waals surface area (Å²) in [7, 11) is 1.79. The van der Waals surface area contributed by atoms with Gasteiger partial charge < -0.3 is 16.0 Å². The first-order chi connectivity index (χ1) is 10.5. The van der Waals surface area contributed by atoms with Crippen molar-refractivity contribution in [3.05, 3.63) is 0 Å². The van der Waals surface area contributed by atoms with Gasteiger partial charge in [-0.05, 0) is 32.6 Å². The van der Waals surface area contributed by atoms with Crippen LogP contribution in [0, 0.1) is 11.8 Å². The highest BCUT2D eigenvalue weighted by Gasteiger charge is 2.31. The van der Waals surface area contributed by atoms with E-state index in [0.29, 0.717) is 31.1 Å². The average Bonchev–Trinajstić information content (AvgIpc) is 3.26. The van der Waals surface area contributed by atoms with E-state index in [-0.39, 0.29) is 11.8 Å². The monoisotopic (exact) mass is 309 g/mol. The van der Waals surface area contributed by atoms with Crippen molar-refractivity contribution in [1.29, 1.82) is 0 Å². The molecule has 6 heteroatoms. The van der Waals surface area contributed by atoms with E-state index < -0.39 is 0 Å². The molecule has 126 valence electrons. The summed E-state index contributed by atoms with van der Waals surface area (Å²) in [6, 6.07) is 1.01. The Morgan fingerprint density at radius 1 is 1.23 bits per heavy atom. The number of guanidine groups is 1. The number of aliphatic imine (C=N–C) groups is 1. The van der Waals surface area contributed by atoms with E-state index in [9.17, 15) is 4.79 Å². The lowest BCUT2D eigenvalue weighted by Gasteiger charge is -2.22. The normalized spacial score (nSPS) is 26.3. The van der Waals surface area contributed by atoms with Crippen LogP contribution in [0.1, 0.15) is 33.6 Å². The first kappa shape index (κ1) is 17.1. The maximum atomic E-state index is 11.6. The summed E-state index contributed by atoms with van der Waals surface area (Å²) in [5.41, 5.74) is 0. The van der Waals surface area contributed by atoms with Gasteiger partial charge in [0.15, 0.2) is 5.96 Å². The topological polar surface area (TPSA) is 68.8 Å². The molecule has 2 unspecified atom stereocenters. The molecule has 2 aliphatic rings. The molecule has 0 spiro atoms. The standard InChI is InChI=1S/C16H31N5O/c1-11(2)21-9-12(3)14(10-21)20-16(17-4)19-8-7-18-15(22)13-5-6-13/h11-14H,5-10H2,1-4H3,(H,18,22)(H2,17,19,20). The second kappa shape index (κ2) is 7.81. The molecular formula is C16H31N5O. The Hall–Kier alpha value is -1.30. The van der Waals surface area contributed by atoms with Gasteiger partial charge in [0, 0.05) is 51.2 Å². The van der Waals surface area contributed by atoms with Gasteiger partial charge in [0.2, 0.25) is 5.91 Å². The minimum absolute atomic E-state index is 0.196. The molecule has 1 heterocycles. The summed E-state index contributed by atoms with van der Waals surface area (Å²) < 4.78 is 0. The summed E-state index contributed by atoms with van der Waals surface area (Å²) in [6.45, 7) is 10.3. The van der Waals surface area contributed by atoms with Crippen molar-refractivity contribution in [2.45, 2.75) is 45.7 Å². The molecule has 0 aromatic rings. The molecule has 2 fully saturated rings. The van der Waals surface area contributed by atoms with Crippen LogP contribution in [0.5, 0.6) is 0 Å². The van der Waals surface area contributed by atoms with Crippen molar-refractivity contribution < 1.29 is 4.79 Å². The number of rotatable bonds is 6. The number of nitrogens with zero attached hydrogens (tertiary/aromatic N) is 2. The molecule has 1 aliphatic carbocycles. The Morgan fingerprint density at radius 2 is 1.91 bits per heavy atom. The fraction of sp³-hybridized carbons (Fsp3) is 0.875. The Morgan fingerprint density at radius 3 is 2.45 bits per heavy atom. The molecule has 0 bridgehead atoms. The highest BCUT2D eigenvalue weighted by Crippen LogP contribution is 2.28. The number of likely N-dealkylation sites (tertiary alicyclic amines) is 1. The molecule has 0 radical (unpaired) electrons. The average molecular weight is 309 g/mol. The Bertz CT molecular complexity index is 405. The zero-order chi connectivity index (χ0) is 16.1. The summed E-state index contributed by atoms with van der Waals surface area (Å²) in [6.07, 6.45) is 2.10. The van der Waals surface area contributed by atoms with E-state index in [0.717, 1.165) is 31.9 Å². The SMILES string of the molecule is CN=C(NCCNC(=O)C1CC1)NC1CN(C(C)C)CC1C. The Balaban J connectivity index is 1.67. The second-order valence-corrected chi connectivity index (χ2v) is 6.84. The molecule has 22 heavy (non-hydrogen) atoms. The van der Waals surface area contributed by atoms with Crippen molar-refractivity contribution in [1.82, 2.24) is 20.9 Å². The van der Waals surface area contributed by atoms with Gasteiger partial charge in [-0.2, -0.15) is 0 Å². The van der Waals surface area contributed by atoms with Crippen LogP contribution in [-0.2, 0) is 4.79 Å². The van der Waals surface area contributed by atoms with Crippen molar-refractivity contribution in [3.8, 4) is 0 Å².